The summed E-state index contributed by atoms with van der Waals surface area (Å²) in [5.74, 6) is 0. The fourth-order valence-corrected chi connectivity index (χ4v) is 2.11. The van der Waals surface area contributed by atoms with E-state index in [0.717, 1.165) is 13.1 Å². The van der Waals surface area contributed by atoms with Gasteiger partial charge in [0.1, 0.15) is 0 Å². The van der Waals surface area contributed by atoms with Crippen molar-refractivity contribution in [3.05, 3.63) is 18.2 Å². The van der Waals surface area contributed by atoms with Crippen LogP contribution in [0, 0.1) is 0 Å². The molecule has 2 rings (SSSR count). The fourth-order valence-electron chi connectivity index (χ4n) is 2.11. The normalized spacial score (nSPS) is 18.6. The molecular weight excluding hydrogens is 174 g/mol. The lowest BCUT2D eigenvalue weighted by Gasteiger charge is -2.26. The molecule has 0 atom stereocenters. The third-order valence-electron chi connectivity index (χ3n) is 2.97. The highest BCUT2D eigenvalue weighted by molar-refractivity contribution is 4.98. The molecule has 0 saturated carbocycles. The molecule has 0 N–H and O–H groups in total. The standard InChI is InChI=1S/C11H19N3/c1-2-14-10-12-8-11(14)9-13-6-4-3-5-7-13/h8,10H,2-7,9H2,1H3. The van der Waals surface area contributed by atoms with Gasteiger partial charge in [-0.15, -0.1) is 0 Å². The van der Waals surface area contributed by atoms with Gasteiger partial charge in [0.25, 0.3) is 0 Å². The van der Waals surface area contributed by atoms with E-state index in [9.17, 15) is 0 Å². The zero-order chi connectivity index (χ0) is 9.80. The van der Waals surface area contributed by atoms with E-state index in [1.807, 2.05) is 12.5 Å². The summed E-state index contributed by atoms with van der Waals surface area (Å²) in [7, 11) is 0. The van der Waals surface area contributed by atoms with Crippen molar-refractivity contribution in [3.63, 3.8) is 0 Å². The lowest BCUT2D eigenvalue weighted by atomic mass is 10.1. The summed E-state index contributed by atoms with van der Waals surface area (Å²) in [4.78, 5) is 6.73. The first-order valence-electron chi connectivity index (χ1n) is 5.61. The number of rotatable bonds is 3. The monoisotopic (exact) mass is 193 g/mol. The molecule has 1 aromatic rings. The van der Waals surface area contributed by atoms with Crippen LogP contribution in [0.2, 0.25) is 0 Å². The summed E-state index contributed by atoms with van der Waals surface area (Å²) < 4.78 is 2.23. The SMILES string of the molecule is CCn1cncc1CN1CCCCC1. The van der Waals surface area contributed by atoms with Crippen molar-refractivity contribution >= 4 is 0 Å². The quantitative estimate of drug-likeness (QED) is 0.731. The number of nitrogens with zero attached hydrogens (tertiary/aromatic N) is 3. The first-order valence-corrected chi connectivity index (χ1v) is 5.61. The van der Waals surface area contributed by atoms with Crippen LogP contribution in [0.25, 0.3) is 0 Å². The van der Waals surface area contributed by atoms with Crippen LogP contribution >= 0.6 is 0 Å². The Morgan fingerprint density at radius 2 is 2.07 bits per heavy atom. The fraction of sp³-hybridized carbons (Fsp3) is 0.727. The molecule has 2 heterocycles. The van der Waals surface area contributed by atoms with Gasteiger partial charge < -0.3 is 4.57 Å². The molecule has 0 bridgehead atoms. The van der Waals surface area contributed by atoms with E-state index < -0.39 is 0 Å². The zero-order valence-corrected chi connectivity index (χ0v) is 8.95. The highest BCUT2D eigenvalue weighted by atomic mass is 15.2. The third kappa shape index (κ3) is 2.15. The molecule has 0 spiro atoms. The Morgan fingerprint density at radius 3 is 2.79 bits per heavy atom. The Morgan fingerprint density at radius 1 is 1.29 bits per heavy atom. The van der Waals surface area contributed by atoms with E-state index >= 15 is 0 Å². The third-order valence-corrected chi connectivity index (χ3v) is 2.97. The van der Waals surface area contributed by atoms with Gasteiger partial charge in [-0.2, -0.15) is 0 Å². The summed E-state index contributed by atoms with van der Waals surface area (Å²) in [6, 6.07) is 0. The number of aryl methyl sites for hydroxylation is 1. The summed E-state index contributed by atoms with van der Waals surface area (Å²) in [6.07, 6.45) is 8.06. The van der Waals surface area contributed by atoms with Gasteiger partial charge in [-0.3, -0.25) is 4.90 Å². The number of piperidine rings is 1. The highest BCUT2D eigenvalue weighted by Crippen LogP contribution is 2.12. The average molecular weight is 193 g/mol. The maximum Gasteiger partial charge on any atom is 0.0948 e. The number of likely N-dealkylation sites (tertiary alicyclic amines) is 1. The molecule has 3 heteroatoms. The van der Waals surface area contributed by atoms with E-state index in [2.05, 4.69) is 21.4 Å². The Hall–Kier alpha value is -0.830. The van der Waals surface area contributed by atoms with Gasteiger partial charge in [-0.25, -0.2) is 4.98 Å². The van der Waals surface area contributed by atoms with E-state index in [0.29, 0.717) is 0 Å². The molecule has 1 aliphatic rings. The number of hydrogen-bond donors (Lipinski definition) is 0. The second-order valence-electron chi connectivity index (χ2n) is 4.01. The van der Waals surface area contributed by atoms with Gasteiger partial charge in [0, 0.05) is 19.3 Å². The van der Waals surface area contributed by atoms with Gasteiger partial charge in [0.05, 0.1) is 12.0 Å². The molecule has 0 radical (unpaired) electrons. The van der Waals surface area contributed by atoms with Gasteiger partial charge in [-0.05, 0) is 32.9 Å². The maximum atomic E-state index is 4.19. The number of imidazole rings is 1. The van der Waals surface area contributed by atoms with Gasteiger partial charge in [0.2, 0.25) is 0 Å². The van der Waals surface area contributed by atoms with Crippen LogP contribution in [0.15, 0.2) is 12.5 Å². The Labute approximate surface area is 85.7 Å². The molecule has 1 aromatic heterocycles. The summed E-state index contributed by atoms with van der Waals surface area (Å²) in [6.45, 7) is 6.79. The van der Waals surface area contributed by atoms with Crippen molar-refractivity contribution in [2.24, 2.45) is 0 Å². The molecule has 78 valence electrons. The molecule has 0 aliphatic carbocycles. The van der Waals surface area contributed by atoms with Crippen LogP contribution in [0.1, 0.15) is 31.9 Å². The molecule has 0 aromatic carbocycles. The van der Waals surface area contributed by atoms with Crippen LogP contribution in [-0.4, -0.2) is 27.5 Å². The Bertz CT molecular complexity index is 274. The summed E-state index contributed by atoms with van der Waals surface area (Å²) in [5, 5.41) is 0. The smallest absolute Gasteiger partial charge is 0.0948 e. The molecule has 1 aliphatic heterocycles. The van der Waals surface area contributed by atoms with Crippen LogP contribution in [0.5, 0.6) is 0 Å². The second-order valence-corrected chi connectivity index (χ2v) is 4.01. The minimum Gasteiger partial charge on any atom is -0.334 e. The molecule has 0 unspecified atom stereocenters. The topological polar surface area (TPSA) is 21.1 Å². The predicted octanol–water partition coefficient (Wildman–Crippen LogP) is 1.89. The molecule has 1 fully saturated rings. The minimum atomic E-state index is 1.03. The summed E-state index contributed by atoms with van der Waals surface area (Å²) in [5.41, 5.74) is 1.36. The first kappa shape index (κ1) is 9.71. The number of aromatic nitrogens is 2. The van der Waals surface area contributed by atoms with Crippen LogP contribution in [-0.2, 0) is 13.1 Å². The lowest BCUT2D eigenvalue weighted by molar-refractivity contribution is 0.216. The zero-order valence-electron chi connectivity index (χ0n) is 8.95. The number of hydrogen-bond acceptors (Lipinski definition) is 2. The predicted molar refractivity (Wildman–Crippen MR) is 57.0 cm³/mol. The van der Waals surface area contributed by atoms with Crippen molar-refractivity contribution in [2.75, 3.05) is 13.1 Å². The second kappa shape index (κ2) is 4.60. The largest absolute Gasteiger partial charge is 0.334 e. The van der Waals surface area contributed by atoms with Crippen LogP contribution in [0.3, 0.4) is 0 Å². The van der Waals surface area contributed by atoms with Crippen LogP contribution < -0.4 is 0 Å². The van der Waals surface area contributed by atoms with E-state index in [4.69, 9.17) is 0 Å². The molecule has 0 amide bonds. The average Bonchev–Trinajstić information content (AvgIpc) is 2.67. The Balaban J connectivity index is 1.95. The van der Waals surface area contributed by atoms with Gasteiger partial charge in [0.15, 0.2) is 0 Å². The lowest BCUT2D eigenvalue weighted by Crippen LogP contribution is -2.29. The van der Waals surface area contributed by atoms with E-state index in [1.165, 1.54) is 38.0 Å². The Kier molecular flexibility index (Phi) is 3.19. The van der Waals surface area contributed by atoms with Crippen molar-refractivity contribution in [3.8, 4) is 0 Å². The van der Waals surface area contributed by atoms with Gasteiger partial charge >= 0.3 is 0 Å². The van der Waals surface area contributed by atoms with Crippen molar-refractivity contribution in [1.82, 2.24) is 14.5 Å². The van der Waals surface area contributed by atoms with E-state index in [1.54, 1.807) is 0 Å². The van der Waals surface area contributed by atoms with Crippen molar-refractivity contribution in [2.45, 2.75) is 39.3 Å². The minimum absolute atomic E-state index is 1.03. The van der Waals surface area contributed by atoms with E-state index in [-0.39, 0.29) is 0 Å². The molecular formula is C11H19N3. The summed E-state index contributed by atoms with van der Waals surface area (Å²) >= 11 is 0. The molecule has 3 nitrogen and oxygen atoms in total. The molecule has 14 heavy (non-hydrogen) atoms. The maximum absolute atomic E-state index is 4.19. The first-order chi connectivity index (χ1) is 6.90. The van der Waals surface area contributed by atoms with Crippen molar-refractivity contribution in [1.29, 1.82) is 0 Å². The molecule has 1 saturated heterocycles. The highest BCUT2D eigenvalue weighted by Gasteiger charge is 2.11. The van der Waals surface area contributed by atoms with Crippen molar-refractivity contribution < 1.29 is 0 Å². The van der Waals surface area contributed by atoms with Crippen LogP contribution in [0.4, 0.5) is 0 Å². The van der Waals surface area contributed by atoms with Gasteiger partial charge in [-0.1, -0.05) is 6.42 Å².